The monoisotopic (exact) mass is 214 g/mol. The highest BCUT2D eigenvalue weighted by atomic mass is 32.1. The number of hydrogen-bond donors (Lipinski definition) is 3. The van der Waals surface area contributed by atoms with Crippen LogP contribution < -0.4 is 0 Å². The highest BCUT2D eigenvalue weighted by Gasteiger charge is 2.05. The van der Waals surface area contributed by atoms with Crippen LogP contribution >= 0.6 is 12.6 Å². The van der Waals surface area contributed by atoms with E-state index in [2.05, 4.69) is 12.6 Å². The van der Waals surface area contributed by atoms with E-state index in [4.69, 9.17) is 10.2 Å². The summed E-state index contributed by atoms with van der Waals surface area (Å²) < 4.78 is 0. The minimum absolute atomic E-state index is 0.0671. The third-order valence-corrected chi connectivity index (χ3v) is 1.13. The molecule has 0 aliphatic rings. The van der Waals surface area contributed by atoms with Crippen molar-refractivity contribution in [2.45, 2.75) is 6.92 Å². The van der Waals surface area contributed by atoms with Crippen molar-refractivity contribution >= 4 is 23.7 Å². The second-order valence-corrected chi connectivity index (χ2v) is 2.97. The van der Waals surface area contributed by atoms with Crippen molar-refractivity contribution in [2.24, 2.45) is 0 Å². The summed E-state index contributed by atoms with van der Waals surface area (Å²) >= 11 is 3.33. The van der Waals surface area contributed by atoms with Crippen LogP contribution in [0.15, 0.2) is 24.3 Å². The van der Waals surface area contributed by atoms with Crippen molar-refractivity contribution in [2.75, 3.05) is 0 Å². The van der Waals surface area contributed by atoms with E-state index in [0.717, 1.165) is 0 Å². The Morgan fingerprint density at radius 3 is 2.00 bits per heavy atom. The van der Waals surface area contributed by atoms with Crippen LogP contribution in [-0.4, -0.2) is 21.3 Å². The van der Waals surface area contributed by atoms with Crippen LogP contribution in [0, 0.1) is 0 Å². The fourth-order valence-corrected chi connectivity index (χ4v) is 0.654. The summed E-state index contributed by atoms with van der Waals surface area (Å²) in [5, 5.41) is 17.2. The van der Waals surface area contributed by atoms with Gasteiger partial charge < -0.3 is 10.2 Å². The van der Waals surface area contributed by atoms with E-state index in [-0.39, 0.29) is 16.4 Å². The van der Waals surface area contributed by atoms with Gasteiger partial charge in [-0.05, 0) is 12.1 Å². The third-order valence-electron chi connectivity index (χ3n) is 1.13. The number of phenols is 1. The normalized spacial score (nSPS) is 8.43. The van der Waals surface area contributed by atoms with Gasteiger partial charge in [-0.2, -0.15) is 0 Å². The summed E-state index contributed by atoms with van der Waals surface area (Å²) in [6, 6.07) is 5.81. The molecule has 0 atom stereocenters. The van der Waals surface area contributed by atoms with Gasteiger partial charge in [-0.3, -0.25) is 4.79 Å². The molecule has 1 rings (SSSR count). The van der Waals surface area contributed by atoms with Crippen molar-refractivity contribution in [1.82, 2.24) is 0 Å². The van der Waals surface area contributed by atoms with Crippen LogP contribution in [0.3, 0.4) is 0 Å². The van der Waals surface area contributed by atoms with E-state index in [1.807, 2.05) is 0 Å². The zero-order valence-electron chi connectivity index (χ0n) is 7.47. The summed E-state index contributed by atoms with van der Waals surface area (Å²) in [6.07, 6.45) is 0. The van der Waals surface area contributed by atoms with Crippen molar-refractivity contribution in [3.63, 3.8) is 0 Å². The molecule has 0 spiro atoms. The lowest BCUT2D eigenvalue weighted by Crippen LogP contribution is -1.95. The highest BCUT2D eigenvalue weighted by Crippen LogP contribution is 2.14. The van der Waals surface area contributed by atoms with Crippen LogP contribution in [0.25, 0.3) is 0 Å². The second kappa shape index (κ2) is 6.04. The second-order valence-electron chi connectivity index (χ2n) is 2.34. The molecular formula is C9H10O4S. The van der Waals surface area contributed by atoms with Gasteiger partial charge in [0.15, 0.2) is 5.12 Å². The first-order valence-electron chi connectivity index (χ1n) is 3.66. The van der Waals surface area contributed by atoms with Gasteiger partial charge in [-0.25, -0.2) is 4.79 Å². The van der Waals surface area contributed by atoms with Gasteiger partial charge in [-0.1, -0.05) is 12.1 Å². The molecule has 0 unspecified atom stereocenters. The lowest BCUT2D eigenvalue weighted by molar-refractivity contribution is -0.108. The predicted octanol–water partition coefficient (Wildman–Crippen LogP) is 1.55. The first-order chi connectivity index (χ1) is 6.45. The number of hydrogen-bond acceptors (Lipinski definition) is 3. The van der Waals surface area contributed by atoms with Crippen LogP contribution in [0.5, 0.6) is 5.75 Å². The number of carbonyl (C=O) groups is 2. The standard InChI is InChI=1S/C7H6O3.C2H4OS/c8-6-4-2-1-3-5(6)7(9)10;1-2(3)4/h1-4,8H,(H,9,10);1H3,(H,3,4). The average molecular weight is 214 g/mol. The minimum atomic E-state index is -1.11. The maximum atomic E-state index is 10.3. The SMILES string of the molecule is CC(=O)S.O=C(O)c1ccccc1O. The lowest BCUT2D eigenvalue weighted by Gasteiger charge is -1.95. The molecule has 0 saturated heterocycles. The fourth-order valence-electron chi connectivity index (χ4n) is 0.654. The smallest absolute Gasteiger partial charge is 0.339 e. The topological polar surface area (TPSA) is 74.6 Å². The number of carboxylic acid groups (broad SMARTS) is 1. The lowest BCUT2D eigenvalue weighted by atomic mass is 10.2. The van der Waals surface area contributed by atoms with Crippen LogP contribution in [-0.2, 0) is 4.79 Å². The number of thiol groups is 1. The Labute approximate surface area is 86.6 Å². The Bertz CT molecular complexity index is 331. The highest BCUT2D eigenvalue weighted by molar-refractivity contribution is 7.96. The molecule has 0 fully saturated rings. The molecule has 0 aliphatic heterocycles. The molecule has 0 heterocycles. The number of rotatable bonds is 1. The van der Waals surface area contributed by atoms with Crippen LogP contribution in [0.1, 0.15) is 17.3 Å². The molecule has 0 bridgehead atoms. The van der Waals surface area contributed by atoms with E-state index in [1.165, 1.54) is 19.1 Å². The Kier molecular flexibility index (Phi) is 5.40. The number of carboxylic acids is 1. The number of carbonyl (C=O) groups excluding carboxylic acids is 1. The zero-order chi connectivity index (χ0) is 11.1. The van der Waals surface area contributed by atoms with Crippen LogP contribution in [0.2, 0.25) is 0 Å². The van der Waals surface area contributed by atoms with Crippen molar-refractivity contribution in [3.05, 3.63) is 29.8 Å². The molecule has 5 heteroatoms. The molecule has 4 nitrogen and oxygen atoms in total. The Morgan fingerprint density at radius 1 is 1.29 bits per heavy atom. The molecule has 2 N–H and O–H groups in total. The van der Waals surface area contributed by atoms with Gasteiger partial charge in [-0.15, -0.1) is 12.6 Å². The average Bonchev–Trinajstić information content (AvgIpc) is 2.03. The maximum absolute atomic E-state index is 10.3. The Morgan fingerprint density at radius 2 is 1.71 bits per heavy atom. The largest absolute Gasteiger partial charge is 0.507 e. The van der Waals surface area contributed by atoms with E-state index in [0.29, 0.717) is 0 Å². The number of para-hydroxylation sites is 1. The van der Waals surface area contributed by atoms with E-state index in [1.54, 1.807) is 12.1 Å². The van der Waals surface area contributed by atoms with Crippen LogP contribution in [0.4, 0.5) is 0 Å². The molecule has 0 saturated carbocycles. The summed E-state index contributed by atoms with van der Waals surface area (Å²) in [7, 11) is 0. The number of aromatic carboxylic acids is 1. The summed E-state index contributed by atoms with van der Waals surface area (Å²) in [5.74, 6) is -1.31. The third kappa shape index (κ3) is 5.21. The van der Waals surface area contributed by atoms with Crippen molar-refractivity contribution in [3.8, 4) is 5.75 Å². The molecular weight excluding hydrogens is 204 g/mol. The fraction of sp³-hybridized carbons (Fsp3) is 0.111. The number of benzene rings is 1. The molecule has 0 amide bonds. The summed E-state index contributed by atoms with van der Waals surface area (Å²) in [6.45, 7) is 1.39. The molecule has 0 radical (unpaired) electrons. The van der Waals surface area contributed by atoms with E-state index < -0.39 is 5.97 Å². The minimum Gasteiger partial charge on any atom is -0.507 e. The van der Waals surface area contributed by atoms with Gasteiger partial charge in [0.1, 0.15) is 11.3 Å². The Hall–Kier alpha value is -1.49. The van der Waals surface area contributed by atoms with E-state index in [9.17, 15) is 9.59 Å². The first-order valence-corrected chi connectivity index (χ1v) is 4.10. The van der Waals surface area contributed by atoms with Gasteiger partial charge >= 0.3 is 5.97 Å². The first kappa shape index (κ1) is 12.5. The molecule has 76 valence electrons. The molecule has 0 aromatic heterocycles. The van der Waals surface area contributed by atoms with Gasteiger partial charge in [0, 0.05) is 6.92 Å². The van der Waals surface area contributed by atoms with Crippen molar-refractivity contribution in [1.29, 1.82) is 0 Å². The molecule has 0 aliphatic carbocycles. The molecule has 1 aromatic carbocycles. The zero-order valence-corrected chi connectivity index (χ0v) is 8.36. The number of aromatic hydroxyl groups is 1. The predicted molar refractivity (Wildman–Crippen MR) is 54.7 cm³/mol. The summed E-state index contributed by atoms with van der Waals surface area (Å²) in [4.78, 5) is 19.6. The molecule has 14 heavy (non-hydrogen) atoms. The van der Waals surface area contributed by atoms with Gasteiger partial charge in [0.05, 0.1) is 0 Å². The maximum Gasteiger partial charge on any atom is 0.339 e. The van der Waals surface area contributed by atoms with Crippen molar-refractivity contribution < 1.29 is 19.8 Å². The quantitative estimate of drug-likeness (QED) is 0.620. The summed E-state index contributed by atoms with van der Waals surface area (Å²) in [5.41, 5.74) is -0.0671. The van der Waals surface area contributed by atoms with Gasteiger partial charge in [0.25, 0.3) is 0 Å². The molecule has 1 aromatic rings. The van der Waals surface area contributed by atoms with Gasteiger partial charge in [0.2, 0.25) is 0 Å². The Balaban J connectivity index is 0.000000364. The van der Waals surface area contributed by atoms with E-state index >= 15 is 0 Å².